The van der Waals surface area contributed by atoms with Gasteiger partial charge in [0.2, 0.25) is 0 Å². The fourth-order valence-corrected chi connectivity index (χ4v) is 2.13. The maximum atomic E-state index is 12.5. The molecule has 1 aliphatic heterocycles. The predicted molar refractivity (Wildman–Crippen MR) is 65.9 cm³/mol. The normalized spacial score (nSPS) is 19.3. The molecule has 1 unspecified atom stereocenters. The van der Waals surface area contributed by atoms with E-state index in [0.29, 0.717) is 25.1 Å². The number of rotatable bonds is 4. The van der Waals surface area contributed by atoms with Crippen molar-refractivity contribution < 1.29 is 22.7 Å². The van der Waals surface area contributed by atoms with Crippen LogP contribution >= 0.6 is 0 Å². The van der Waals surface area contributed by atoms with E-state index in [1.165, 1.54) is 17.0 Å². The lowest BCUT2D eigenvalue weighted by Crippen LogP contribution is -2.29. The van der Waals surface area contributed by atoms with Crippen molar-refractivity contribution in [2.75, 3.05) is 19.7 Å². The molecule has 0 bridgehead atoms. The van der Waals surface area contributed by atoms with Crippen LogP contribution in [0.5, 0.6) is 0 Å². The maximum Gasteiger partial charge on any atom is 0.416 e. The van der Waals surface area contributed by atoms with Gasteiger partial charge in [-0.05, 0) is 30.7 Å². The van der Waals surface area contributed by atoms with Crippen LogP contribution in [0.2, 0.25) is 0 Å². The molecule has 0 spiro atoms. The molecule has 4 nitrogen and oxygen atoms in total. The lowest BCUT2D eigenvalue weighted by molar-refractivity contribution is -0.137. The Morgan fingerprint density at radius 3 is 2.50 bits per heavy atom. The van der Waals surface area contributed by atoms with Gasteiger partial charge >= 0.3 is 12.3 Å². The minimum Gasteiger partial charge on any atom is -0.447 e. The molecule has 1 saturated heterocycles. The number of halogens is 3. The van der Waals surface area contributed by atoms with E-state index in [1.807, 2.05) is 0 Å². The van der Waals surface area contributed by atoms with Gasteiger partial charge in [-0.25, -0.2) is 4.79 Å². The van der Waals surface area contributed by atoms with Crippen LogP contribution in [0, 0.1) is 0 Å². The van der Waals surface area contributed by atoms with Gasteiger partial charge in [-0.3, -0.25) is 4.90 Å². The number of hydrogen-bond donors (Lipinski definition) is 1. The first-order valence-corrected chi connectivity index (χ1v) is 6.24. The molecular weight excluding hydrogens is 273 g/mol. The molecule has 1 atom stereocenters. The van der Waals surface area contributed by atoms with Crippen LogP contribution in [0.4, 0.5) is 18.0 Å². The summed E-state index contributed by atoms with van der Waals surface area (Å²) in [4.78, 5) is 13.1. The van der Waals surface area contributed by atoms with E-state index in [9.17, 15) is 18.0 Å². The van der Waals surface area contributed by atoms with Crippen molar-refractivity contribution in [3.8, 4) is 0 Å². The summed E-state index contributed by atoms with van der Waals surface area (Å²) in [6.45, 7) is 1.01. The Morgan fingerprint density at radius 2 is 1.95 bits per heavy atom. The first-order valence-electron chi connectivity index (χ1n) is 6.24. The minimum atomic E-state index is -4.36. The second-order valence-electron chi connectivity index (χ2n) is 4.55. The number of amides is 1. The lowest BCUT2D eigenvalue weighted by atomic mass is 10.0. The summed E-state index contributed by atoms with van der Waals surface area (Å²) in [5, 5.41) is 0. The molecule has 0 saturated carbocycles. The SMILES string of the molecule is NCCCN1C(=O)OCC1c1ccc(C(F)(F)F)cc1. The third kappa shape index (κ3) is 3.04. The quantitative estimate of drug-likeness (QED) is 0.926. The van der Waals surface area contributed by atoms with E-state index in [4.69, 9.17) is 10.5 Å². The van der Waals surface area contributed by atoms with Gasteiger partial charge in [0.25, 0.3) is 0 Å². The number of alkyl halides is 3. The lowest BCUT2D eigenvalue weighted by Gasteiger charge is -2.21. The number of nitrogens with zero attached hydrogens (tertiary/aromatic N) is 1. The van der Waals surface area contributed by atoms with Crippen LogP contribution in [0.15, 0.2) is 24.3 Å². The molecule has 1 aliphatic rings. The molecule has 0 aromatic heterocycles. The summed E-state index contributed by atoms with van der Waals surface area (Å²) in [5.41, 5.74) is 5.32. The topological polar surface area (TPSA) is 55.6 Å². The third-order valence-corrected chi connectivity index (χ3v) is 3.20. The van der Waals surface area contributed by atoms with Crippen LogP contribution in [-0.2, 0) is 10.9 Å². The van der Waals surface area contributed by atoms with Gasteiger partial charge in [0, 0.05) is 6.54 Å². The summed E-state index contributed by atoms with van der Waals surface area (Å²) >= 11 is 0. The van der Waals surface area contributed by atoms with Gasteiger partial charge in [0.1, 0.15) is 6.61 Å². The second kappa shape index (κ2) is 5.70. The molecule has 2 N–H and O–H groups in total. The zero-order chi connectivity index (χ0) is 14.8. The van der Waals surface area contributed by atoms with E-state index in [-0.39, 0.29) is 12.6 Å². The van der Waals surface area contributed by atoms with E-state index >= 15 is 0 Å². The molecule has 1 fully saturated rings. The number of benzene rings is 1. The molecular formula is C13H15F3N2O2. The fraction of sp³-hybridized carbons (Fsp3) is 0.462. The molecule has 1 aromatic carbocycles. The summed E-state index contributed by atoms with van der Waals surface area (Å²) < 4.78 is 42.4. The monoisotopic (exact) mass is 288 g/mol. The van der Waals surface area contributed by atoms with E-state index in [2.05, 4.69) is 0 Å². The Hall–Kier alpha value is -1.76. The highest BCUT2D eigenvalue weighted by Crippen LogP contribution is 2.32. The molecule has 20 heavy (non-hydrogen) atoms. The molecule has 1 amide bonds. The van der Waals surface area contributed by atoms with Crippen LogP contribution in [0.3, 0.4) is 0 Å². The number of cyclic esters (lactones) is 1. The Bertz CT molecular complexity index is 473. The fourth-order valence-electron chi connectivity index (χ4n) is 2.13. The minimum absolute atomic E-state index is 0.148. The van der Waals surface area contributed by atoms with Gasteiger partial charge in [-0.2, -0.15) is 13.2 Å². The highest BCUT2D eigenvalue weighted by molar-refractivity contribution is 5.70. The first kappa shape index (κ1) is 14.6. The zero-order valence-electron chi connectivity index (χ0n) is 10.7. The Balaban J connectivity index is 2.16. The van der Waals surface area contributed by atoms with E-state index in [1.54, 1.807) is 0 Å². The van der Waals surface area contributed by atoms with Gasteiger partial charge in [-0.1, -0.05) is 12.1 Å². The molecule has 7 heteroatoms. The average molecular weight is 288 g/mol. The number of nitrogens with two attached hydrogens (primary N) is 1. The standard InChI is InChI=1S/C13H15F3N2O2/c14-13(15,16)10-4-2-9(3-5-10)11-8-20-12(19)18(11)7-1-6-17/h2-5,11H,1,6-8,17H2. The van der Waals surface area contributed by atoms with Crippen molar-refractivity contribution in [3.63, 3.8) is 0 Å². The van der Waals surface area contributed by atoms with Crippen LogP contribution in [0.1, 0.15) is 23.6 Å². The second-order valence-corrected chi connectivity index (χ2v) is 4.55. The summed E-state index contributed by atoms with van der Waals surface area (Å²) in [6.07, 6.45) is -4.20. The van der Waals surface area contributed by atoms with Crippen molar-refractivity contribution in [1.82, 2.24) is 4.90 Å². The Kier molecular flexibility index (Phi) is 4.17. The van der Waals surface area contributed by atoms with E-state index in [0.717, 1.165) is 12.1 Å². The largest absolute Gasteiger partial charge is 0.447 e. The van der Waals surface area contributed by atoms with Crippen molar-refractivity contribution in [2.24, 2.45) is 5.73 Å². The van der Waals surface area contributed by atoms with Crippen molar-refractivity contribution >= 4 is 6.09 Å². The summed E-state index contributed by atoms with van der Waals surface area (Å²) in [5.74, 6) is 0. The third-order valence-electron chi connectivity index (χ3n) is 3.20. The highest BCUT2D eigenvalue weighted by Gasteiger charge is 2.35. The smallest absolute Gasteiger partial charge is 0.416 e. The molecule has 0 radical (unpaired) electrons. The Morgan fingerprint density at radius 1 is 1.30 bits per heavy atom. The van der Waals surface area contributed by atoms with Gasteiger partial charge < -0.3 is 10.5 Å². The summed E-state index contributed by atoms with van der Waals surface area (Å²) in [7, 11) is 0. The number of carbonyl (C=O) groups is 1. The van der Waals surface area contributed by atoms with Gasteiger partial charge in [-0.15, -0.1) is 0 Å². The average Bonchev–Trinajstić information content (AvgIpc) is 2.77. The first-order chi connectivity index (χ1) is 9.43. The molecule has 1 heterocycles. The van der Waals surface area contributed by atoms with Crippen LogP contribution in [0.25, 0.3) is 0 Å². The van der Waals surface area contributed by atoms with Crippen molar-refractivity contribution in [2.45, 2.75) is 18.6 Å². The molecule has 0 aliphatic carbocycles. The van der Waals surface area contributed by atoms with Crippen molar-refractivity contribution in [1.29, 1.82) is 0 Å². The molecule has 1 aromatic rings. The number of hydrogen-bond acceptors (Lipinski definition) is 3. The Labute approximate surface area is 114 Å². The van der Waals surface area contributed by atoms with Crippen molar-refractivity contribution in [3.05, 3.63) is 35.4 Å². The van der Waals surface area contributed by atoms with Gasteiger partial charge in [0.15, 0.2) is 0 Å². The number of ether oxygens (including phenoxy) is 1. The zero-order valence-corrected chi connectivity index (χ0v) is 10.7. The van der Waals surface area contributed by atoms with Crippen LogP contribution < -0.4 is 5.73 Å². The van der Waals surface area contributed by atoms with Gasteiger partial charge in [0.05, 0.1) is 11.6 Å². The van der Waals surface area contributed by atoms with E-state index < -0.39 is 17.8 Å². The number of carbonyl (C=O) groups excluding carboxylic acids is 1. The summed E-state index contributed by atoms with van der Waals surface area (Å²) in [6, 6.07) is 4.44. The molecule has 110 valence electrons. The predicted octanol–water partition coefficient (Wildman–Crippen LogP) is 2.55. The molecule has 2 rings (SSSR count). The van der Waals surface area contributed by atoms with Crippen LogP contribution in [-0.4, -0.2) is 30.7 Å². The maximum absolute atomic E-state index is 12.5. The highest BCUT2D eigenvalue weighted by atomic mass is 19.4.